The Morgan fingerprint density at radius 1 is 1.13 bits per heavy atom. The Kier molecular flexibility index (Phi) is 7.43. The largest absolute Gasteiger partial charge is 0.490 e. The molecule has 0 saturated heterocycles. The van der Waals surface area contributed by atoms with Gasteiger partial charge in [0, 0.05) is 18.5 Å². The summed E-state index contributed by atoms with van der Waals surface area (Å²) in [5, 5.41) is 13.6. The number of nitrogens with one attached hydrogen (secondary N) is 1. The van der Waals surface area contributed by atoms with E-state index >= 15 is 0 Å². The number of esters is 1. The molecule has 204 valence electrons. The molecule has 13 heteroatoms. The lowest BCUT2D eigenvalue weighted by Crippen LogP contribution is -2.41. The third-order valence-corrected chi connectivity index (χ3v) is 6.94. The van der Waals surface area contributed by atoms with Crippen molar-refractivity contribution in [1.29, 1.82) is 0 Å². The van der Waals surface area contributed by atoms with Gasteiger partial charge in [0.1, 0.15) is 6.10 Å². The van der Waals surface area contributed by atoms with Gasteiger partial charge in [-0.15, -0.1) is 0 Å². The SMILES string of the molecule is NC1CC(n2cnc3c(NCC(c4ccccc4)c4ccccc4)nc(Cl)nc32)C(OC(=O)C(F)(F)F)C1O. The fraction of sp³-hybridized carbons (Fsp3) is 0.308. The molecular formula is C26H24ClF3N6O3. The van der Waals surface area contributed by atoms with Gasteiger partial charge in [-0.1, -0.05) is 60.7 Å². The lowest BCUT2D eigenvalue weighted by molar-refractivity contribution is -0.209. The Hall–Kier alpha value is -3.74. The fourth-order valence-electron chi connectivity index (χ4n) is 4.89. The van der Waals surface area contributed by atoms with Crippen LogP contribution in [0.2, 0.25) is 5.28 Å². The molecule has 4 N–H and O–H groups in total. The number of fused-ring (bicyclic) bond motifs is 1. The van der Waals surface area contributed by atoms with Gasteiger partial charge in [-0.3, -0.25) is 0 Å². The van der Waals surface area contributed by atoms with E-state index < -0.39 is 36.4 Å². The molecule has 0 bridgehead atoms. The minimum absolute atomic E-state index is 0.0108. The molecule has 4 unspecified atom stereocenters. The van der Waals surface area contributed by atoms with Crippen LogP contribution in [0.15, 0.2) is 67.0 Å². The highest BCUT2D eigenvalue weighted by Crippen LogP contribution is 2.37. The molecule has 5 rings (SSSR count). The van der Waals surface area contributed by atoms with Crippen LogP contribution < -0.4 is 11.1 Å². The summed E-state index contributed by atoms with van der Waals surface area (Å²) in [7, 11) is 0. The highest BCUT2D eigenvalue weighted by Gasteiger charge is 2.50. The Morgan fingerprint density at radius 2 is 1.74 bits per heavy atom. The predicted octanol–water partition coefficient (Wildman–Crippen LogP) is 3.83. The molecule has 0 amide bonds. The number of ether oxygens (including phenoxy) is 1. The van der Waals surface area contributed by atoms with Crippen LogP contribution in [0.5, 0.6) is 0 Å². The summed E-state index contributed by atoms with van der Waals surface area (Å²) in [6.45, 7) is 0.419. The maximum absolute atomic E-state index is 12.9. The average molecular weight is 561 g/mol. The zero-order chi connectivity index (χ0) is 27.7. The van der Waals surface area contributed by atoms with E-state index in [0.717, 1.165) is 11.1 Å². The Balaban J connectivity index is 1.46. The smallest absolute Gasteiger partial charge is 0.451 e. The van der Waals surface area contributed by atoms with Crippen molar-refractivity contribution in [3.63, 3.8) is 0 Å². The molecule has 1 aliphatic rings. The van der Waals surface area contributed by atoms with Crippen molar-refractivity contribution in [1.82, 2.24) is 19.5 Å². The number of anilines is 1. The van der Waals surface area contributed by atoms with Crippen LogP contribution in [-0.2, 0) is 9.53 Å². The zero-order valence-electron chi connectivity index (χ0n) is 20.3. The summed E-state index contributed by atoms with van der Waals surface area (Å²) < 4.78 is 44.7. The Labute approximate surface area is 225 Å². The summed E-state index contributed by atoms with van der Waals surface area (Å²) in [4.78, 5) is 24.4. The number of carbonyl (C=O) groups is 1. The van der Waals surface area contributed by atoms with Gasteiger partial charge in [0.05, 0.1) is 12.4 Å². The fourth-order valence-corrected chi connectivity index (χ4v) is 5.05. The molecule has 2 aromatic carbocycles. The van der Waals surface area contributed by atoms with Gasteiger partial charge in [-0.25, -0.2) is 9.78 Å². The van der Waals surface area contributed by atoms with Crippen LogP contribution in [0.25, 0.3) is 11.2 Å². The van der Waals surface area contributed by atoms with Crippen LogP contribution in [0, 0.1) is 0 Å². The summed E-state index contributed by atoms with van der Waals surface area (Å²) in [5.74, 6) is -2.15. The highest BCUT2D eigenvalue weighted by molar-refractivity contribution is 6.28. The minimum atomic E-state index is -5.23. The van der Waals surface area contributed by atoms with Gasteiger partial charge in [-0.2, -0.15) is 23.1 Å². The van der Waals surface area contributed by atoms with E-state index in [-0.39, 0.29) is 23.3 Å². The quantitative estimate of drug-likeness (QED) is 0.230. The molecular weight excluding hydrogens is 537 g/mol. The number of alkyl halides is 3. The first-order valence-electron chi connectivity index (χ1n) is 12.1. The van der Waals surface area contributed by atoms with E-state index in [1.165, 1.54) is 10.9 Å². The number of rotatable bonds is 7. The number of hydrogen-bond donors (Lipinski definition) is 3. The van der Waals surface area contributed by atoms with E-state index in [4.69, 9.17) is 17.3 Å². The van der Waals surface area contributed by atoms with Gasteiger partial charge >= 0.3 is 12.1 Å². The van der Waals surface area contributed by atoms with Crippen LogP contribution in [-0.4, -0.2) is 61.6 Å². The second-order valence-corrected chi connectivity index (χ2v) is 9.58. The minimum Gasteiger partial charge on any atom is -0.451 e. The number of benzene rings is 2. The summed E-state index contributed by atoms with van der Waals surface area (Å²) >= 11 is 6.24. The van der Waals surface area contributed by atoms with Gasteiger partial charge in [0.2, 0.25) is 5.28 Å². The summed E-state index contributed by atoms with van der Waals surface area (Å²) in [5.41, 5.74) is 8.55. The first-order chi connectivity index (χ1) is 18.6. The van der Waals surface area contributed by atoms with Crippen molar-refractivity contribution in [2.24, 2.45) is 5.73 Å². The summed E-state index contributed by atoms with van der Waals surface area (Å²) in [6.07, 6.45) is -6.98. The Bertz CT molecular complexity index is 1410. The molecule has 0 radical (unpaired) electrons. The monoisotopic (exact) mass is 560 g/mol. The number of imidazole rings is 1. The number of carbonyl (C=O) groups excluding carboxylic acids is 1. The first-order valence-corrected chi connectivity index (χ1v) is 12.5. The molecule has 4 atom stereocenters. The van der Waals surface area contributed by atoms with Gasteiger partial charge in [0.25, 0.3) is 0 Å². The predicted molar refractivity (Wildman–Crippen MR) is 137 cm³/mol. The molecule has 0 aliphatic heterocycles. The number of aromatic nitrogens is 4. The number of aliphatic hydroxyl groups is 1. The number of nitrogens with zero attached hydrogens (tertiary/aromatic N) is 4. The van der Waals surface area contributed by atoms with E-state index in [0.29, 0.717) is 17.9 Å². The van der Waals surface area contributed by atoms with E-state index in [2.05, 4.69) is 25.0 Å². The molecule has 1 fully saturated rings. The second kappa shape index (κ2) is 10.8. The van der Waals surface area contributed by atoms with Crippen molar-refractivity contribution < 1.29 is 27.8 Å². The number of halogens is 4. The number of hydrogen-bond acceptors (Lipinski definition) is 8. The van der Waals surface area contributed by atoms with Crippen LogP contribution in [0.1, 0.15) is 29.5 Å². The number of nitrogens with two attached hydrogens (primary N) is 1. The molecule has 4 aromatic rings. The maximum atomic E-state index is 12.9. The topological polar surface area (TPSA) is 128 Å². The standard InChI is InChI=1S/C26H24ClF3N6O3/c27-25-34-22(32-12-16(14-7-3-1-4-8-14)15-9-5-2-6-10-15)19-23(35-25)36(13-33-19)18-11-17(31)20(37)21(18)39-24(38)26(28,29)30/h1-10,13,16-18,20-21,37H,11-12,31H2,(H,32,34,35). The Morgan fingerprint density at radius 3 is 2.33 bits per heavy atom. The van der Waals surface area contributed by atoms with Crippen molar-refractivity contribution >= 4 is 34.6 Å². The van der Waals surface area contributed by atoms with Crippen molar-refractivity contribution in [3.8, 4) is 0 Å². The molecule has 1 aliphatic carbocycles. The third kappa shape index (κ3) is 5.54. The number of aliphatic hydroxyl groups excluding tert-OH is 1. The molecule has 0 spiro atoms. The van der Waals surface area contributed by atoms with Crippen molar-refractivity contribution in [2.45, 2.75) is 42.8 Å². The molecule has 9 nitrogen and oxygen atoms in total. The van der Waals surface area contributed by atoms with Crippen LogP contribution in [0.4, 0.5) is 19.0 Å². The van der Waals surface area contributed by atoms with Crippen LogP contribution in [0.3, 0.4) is 0 Å². The molecule has 1 saturated carbocycles. The van der Waals surface area contributed by atoms with Crippen molar-refractivity contribution in [3.05, 3.63) is 83.4 Å². The third-order valence-electron chi connectivity index (χ3n) is 6.77. The van der Waals surface area contributed by atoms with E-state index in [1.807, 2.05) is 60.7 Å². The first kappa shape index (κ1) is 26.9. The average Bonchev–Trinajstić information content (AvgIpc) is 3.45. The lowest BCUT2D eigenvalue weighted by Gasteiger charge is -2.24. The van der Waals surface area contributed by atoms with E-state index in [1.54, 1.807) is 0 Å². The zero-order valence-corrected chi connectivity index (χ0v) is 21.0. The lowest BCUT2D eigenvalue weighted by atomic mass is 9.91. The van der Waals surface area contributed by atoms with Gasteiger partial charge < -0.3 is 25.5 Å². The van der Waals surface area contributed by atoms with Gasteiger partial charge in [0.15, 0.2) is 23.1 Å². The molecule has 2 heterocycles. The molecule has 39 heavy (non-hydrogen) atoms. The maximum Gasteiger partial charge on any atom is 0.490 e. The van der Waals surface area contributed by atoms with Crippen molar-refractivity contribution in [2.75, 3.05) is 11.9 Å². The molecule has 2 aromatic heterocycles. The highest BCUT2D eigenvalue weighted by atomic mass is 35.5. The second-order valence-electron chi connectivity index (χ2n) is 9.25. The van der Waals surface area contributed by atoms with Crippen LogP contribution >= 0.6 is 11.6 Å². The summed E-state index contributed by atoms with van der Waals surface area (Å²) in [6, 6.07) is 17.9. The van der Waals surface area contributed by atoms with Gasteiger partial charge in [-0.05, 0) is 29.1 Å². The normalized spacial score (nSPS) is 21.4. The van der Waals surface area contributed by atoms with E-state index in [9.17, 15) is 23.1 Å².